The minimum Gasteiger partial charge on any atom is -0.352 e. The van der Waals surface area contributed by atoms with Crippen molar-refractivity contribution in [2.45, 2.75) is 52.2 Å². The van der Waals surface area contributed by atoms with Gasteiger partial charge in [-0.3, -0.25) is 13.9 Å². The zero-order chi connectivity index (χ0) is 29.4. The molecule has 3 aromatic rings. The fourth-order valence-electron chi connectivity index (χ4n) is 4.28. The number of hydrogen-bond donors (Lipinski definition) is 1. The van der Waals surface area contributed by atoms with E-state index in [9.17, 15) is 18.0 Å². The Labute approximate surface area is 247 Å². The summed E-state index contributed by atoms with van der Waals surface area (Å²) in [5.41, 5.74) is 2.81. The van der Waals surface area contributed by atoms with E-state index in [1.165, 1.54) is 23.1 Å². The van der Waals surface area contributed by atoms with Gasteiger partial charge >= 0.3 is 0 Å². The Morgan fingerprint density at radius 3 is 2.23 bits per heavy atom. The minimum absolute atomic E-state index is 0.0892. The standard InChI is InChI=1S/C30H35Cl2N3O4S/c1-5-22(3)33-30(37)28(17-23-11-7-6-8-12-23)34(19-24-13-9-10-21(2)16-24)29(36)20-35(40(4,38)39)27-15-14-25(31)18-26(27)32/h6-16,18,22,28H,5,17,19-20H2,1-4H3,(H,33,37)/t22-,28+/m1/s1. The third kappa shape index (κ3) is 8.71. The van der Waals surface area contributed by atoms with Crippen molar-refractivity contribution in [3.63, 3.8) is 0 Å². The maximum absolute atomic E-state index is 14.1. The van der Waals surface area contributed by atoms with Crippen LogP contribution >= 0.6 is 23.2 Å². The molecule has 214 valence electrons. The van der Waals surface area contributed by atoms with Crippen molar-refractivity contribution in [3.8, 4) is 0 Å². The lowest BCUT2D eigenvalue weighted by Crippen LogP contribution is -2.54. The van der Waals surface area contributed by atoms with E-state index in [0.717, 1.165) is 27.3 Å². The van der Waals surface area contributed by atoms with E-state index in [1.54, 1.807) is 0 Å². The number of nitrogens with one attached hydrogen (secondary N) is 1. The number of carbonyl (C=O) groups excluding carboxylic acids is 2. The van der Waals surface area contributed by atoms with Gasteiger partial charge in [-0.2, -0.15) is 0 Å². The first-order valence-corrected chi connectivity index (χ1v) is 15.6. The molecule has 2 amide bonds. The fraction of sp³-hybridized carbons (Fsp3) is 0.333. The summed E-state index contributed by atoms with van der Waals surface area (Å²) in [7, 11) is -3.93. The Bertz CT molecular complexity index is 1430. The zero-order valence-electron chi connectivity index (χ0n) is 23.1. The van der Waals surface area contributed by atoms with Gasteiger partial charge in [-0.05, 0) is 49.6 Å². The number of benzene rings is 3. The summed E-state index contributed by atoms with van der Waals surface area (Å²) >= 11 is 12.4. The number of amides is 2. The highest BCUT2D eigenvalue weighted by Gasteiger charge is 2.33. The predicted molar refractivity (Wildman–Crippen MR) is 162 cm³/mol. The molecule has 7 nitrogen and oxygen atoms in total. The molecule has 0 saturated heterocycles. The van der Waals surface area contributed by atoms with Crippen LogP contribution in [0.1, 0.15) is 37.0 Å². The van der Waals surface area contributed by atoms with Gasteiger partial charge in [-0.25, -0.2) is 8.42 Å². The highest BCUT2D eigenvalue weighted by atomic mass is 35.5. The molecule has 3 aromatic carbocycles. The Balaban J connectivity index is 2.08. The van der Waals surface area contributed by atoms with Gasteiger partial charge in [0.25, 0.3) is 0 Å². The first-order valence-electron chi connectivity index (χ1n) is 13.0. The summed E-state index contributed by atoms with van der Waals surface area (Å²) in [6.07, 6.45) is 1.97. The first kappa shape index (κ1) is 31.5. The van der Waals surface area contributed by atoms with Crippen LogP contribution in [-0.4, -0.2) is 50.0 Å². The van der Waals surface area contributed by atoms with Gasteiger partial charge in [0.05, 0.1) is 17.0 Å². The third-order valence-electron chi connectivity index (χ3n) is 6.57. The second-order valence-electron chi connectivity index (χ2n) is 9.90. The molecule has 0 heterocycles. The molecule has 0 aliphatic carbocycles. The molecule has 0 aliphatic rings. The molecular weight excluding hydrogens is 569 g/mol. The van der Waals surface area contributed by atoms with Crippen LogP contribution in [0.3, 0.4) is 0 Å². The van der Waals surface area contributed by atoms with Crippen LogP contribution in [0.5, 0.6) is 0 Å². The van der Waals surface area contributed by atoms with Crippen LogP contribution in [0.25, 0.3) is 0 Å². The lowest BCUT2D eigenvalue weighted by Gasteiger charge is -2.34. The second kappa shape index (κ2) is 14.0. The summed E-state index contributed by atoms with van der Waals surface area (Å²) in [5, 5.41) is 3.43. The molecular formula is C30H35Cl2N3O4S. The Hall–Kier alpha value is -3.07. The number of aryl methyl sites for hydroxylation is 1. The minimum atomic E-state index is -3.93. The molecule has 0 aromatic heterocycles. The largest absolute Gasteiger partial charge is 0.352 e. The average molecular weight is 605 g/mol. The van der Waals surface area contributed by atoms with Gasteiger partial charge in [0.2, 0.25) is 21.8 Å². The highest BCUT2D eigenvalue weighted by molar-refractivity contribution is 7.92. The SMILES string of the molecule is CC[C@@H](C)NC(=O)[C@H](Cc1ccccc1)N(Cc1cccc(C)c1)C(=O)CN(c1ccc(Cl)cc1Cl)S(C)(=O)=O. The van der Waals surface area contributed by atoms with E-state index in [0.29, 0.717) is 11.4 Å². The van der Waals surface area contributed by atoms with E-state index in [-0.39, 0.29) is 35.6 Å². The number of rotatable bonds is 12. The van der Waals surface area contributed by atoms with Crippen molar-refractivity contribution >= 4 is 50.7 Å². The van der Waals surface area contributed by atoms with Gasteiger partial charge in [-0.15, -0.1) is 0 Å². The molecule has 40 heavy (non-hydrogen) atoms. The number of carbonyl (C=O) groups is 2. The van der Waals surface area contributed by atoms with Gasteiger partial charge in [0, 0.05) is 24.0 Å². The summed E-state index contributed by atoms with van der Waals surface area (Å²) < 4.78 is 26.7. The average Bonchev–Trinajstić information content (AvgIpc) is 2.89. The van der Waals surface area contributed by atoms with Gasteiger partial charge in [-0.1, -0.05) is 90.3 Å². The smallest absolute Gasteiger partial charge is 0.244 e. The fourth-order valence-corrected chi connectivity index (χ4v) is 5.70. The molecule has 0 bridgehead atoms. The van der Waals surface area contributed by atoms with E-state index in [4.69, 9.17) is 23.2 Å². The van der Waals surface area contributed by atoms with Crippen molar-refractivity contribution in [1.29, 1.82) is 0 Å². The molecule has 3 rings (SSSR count). The maximum atomic E-state index is 14.1. The van der Waals surface area contributed by atoms with Crippen LogP contribution < -0.4 is 9.62 Å². The van der Waals surface area contributed by atoms with Crippen molar-refractivity contribution in [2.24, 2.45) is 0 Å². The lowest BCUT2D eigenvalue weighted by molar-refractivity contribution is -0.140. The number of nitrogens with zero attached hydrogens (tertiary/aromatic N) is 2. The zero-order valence-corrected chi connectivity index (χ0v) is 25.4. The monoisotopic (exact) mass is 603 g/mol. The van der Waals surface area contributed by atoms with Gasteiger partial charge < -0.3 is 10.2 Å². The van der Waals surface area contributed by atoms with E-state index in [2.05, 4.69) is 5.32 Å². The summed E-state index contributed by atoms with van der Waals surface area (Å²) in [6, 6.07) is 20.5. The molecule has 0 aliphatic heterocycles. The molecule has 1 N–H and O–H groups in total. The van der Waals surface area contributed by atoms with Crippen LogP contribution in [0.15, 0.2) is 72.8 Å². The number of halogens is 2. The van der Waals surface area contributed by atoms with Crippen molar-refractivity contribution in [3.05, 3.63) is 99.5 Å². The van der Waals surface area contributed by atoms with Crippen LogP contribution in [0, 0.1) is 6.92 Å². The van der Waals surface area contributed by atoms with Crippen molar-refractivity contribution < 1.29 is 18.0 Å². The van der Waals surface area contributed by atoms with Crippen LogP contribution in [0.4, 0.5) is 5.69 Å². The summed E-state index contributed by atoms with van der Waals surface area (Å²) in [5.74, 6) is -0.854. The quantitative estimate of drug-likeness (QED) is 0.291. The van der Waals surface area contributed by atoms with Crippen molar-refractivity contribution in [1.82, 2.24) is 10.2 Å². The molecule has 10 heteroatoms. The third-order valence-corrected chi connectivity index (χ3v) is 8.23. The van der Waals surface area contributed by atoms with E-state index in [1.807, 2.05) is 75.4 Å². The molecule has 0 saturated carbocycles. The van der Waals surface area contributed by atoms with Crippen LogP contribution in [0.2, 0.25) is 10.0 Å². The predicted octanol–water partition coefficient (Wildman–Crippen LogP) is 5.62. The molecule has 2 atom stereocenters. The normalized spacial score (nSPS) is 12.8. The molecule has 0 radical (unpaired) electrons. The molecule has 0 unspecified atom stereocenters. The maximum Gasteiger partial charge on any atom is 0.244 e. The molecule has 0 fully saturated rings. The topological polar surface area (TPSA) is 86.8 Å². The summed E-state index contributed by atoms with van der Waals surface area (Å²) in [6.45, 7) is 5.37. The van der Waals surface area contributed by atoms with Gasteiger partial charge in [0.15, 0.2) is 0 Å². The van der Waals surface area contributed by atoms with Gasteiger partial charge in [0.1, 0.15) is 12.6 Å². The number of hydrogen-bond acceptors (Lipinski definition) is 4. The number of anilines is 1. The highest BCUT2D eigenvalue weighted by Crippen LogP contribution is 2.30. The summed E-state index contributed by atoms with van der Waals surface area (Å²) in [4.78, 5) is 29.3. The van der Waals surface area contributed by atoms with E-state index < -0.39 is 28.5 Å². The lowest BCUT2D eigenvalue weighted by atomic mass is 10.0. The van der Waals surface area contributed by atoms with Crippen molar-refractivity contribution in [2.75, 3.05) is 17.1 Å². The van der Waals surface area contributed by atoms with E-state index >= 15 is 0 Å². The number of sulfonamides is 1. The molecule has 0 spiro atoms. The Morgan fingerprint density at radius 1 is 0.950 bits per heavy atom. The Kier molecular flexibility index (Phi) is 11.0. The van der Waals surface area contributed by atoms with Crippen LogP contribution in [-0.2, 0) is 32.6 Å². The Morgan fingerprint density at radius 2 is 1.62 bits per heavy atom. The second-order valence-corrected chi connectivity index (χ2v) is 12.6. The first-order chi connectivity index (χ1) is 18.9.